The molecule has 0 atom stereocenters. The first-order valence-corrected chi connectivity index (χ1v) is 4.55. The van der Waals surface area contributed by atoms with Gasteiger partial charge in [-0.2, -0.15) is 5.10 Å². The number of rotatable bonds is 3. The van der Waals surface area contributed by atoms with Gasteiger partial charge in [0.1, 0.15) is 5.69 Å². The first-order valence-electron chi connectivity index (χ1n) is 4.02. The Hall–Kier alpha value is -1.36. The zero-order chi connectivity index (χ0) is 10.6. The lowest BCUT2D eigenvalue weighted by molar-refractivity contribution is 0.0796. The Morgan fingerprint density at radius 1 is 1.64 bits per heavy atom. The summed E-state index contributed by atoms with van der Waals surface area (Å²) in [6.45, 7) is 0.446. The molecule has 0 spiro atoms. The number of amides is 1. The Balaban J connectivity index is 2.79. The number of hydrogen-bond donors (Lipinski definition) is 1. The highest BCUT2D eigenvalue weighted by molar-refractivity contribution is 6.18. The van der Waals surface area contributed by atoms with Crippen molar-refractivity contribution in [3.63, 3.8) is 0 Å². The molecule has 1 aromatic rings. The molecule has 0 radical (unpaired) electrons. The highest BCUT2D eigenvalue weighted by Gasteiger charge is 2.11. The summed E-state index contributed by atoms with van der Waals surface area (Å²) in [4.78, 5) is 23.6. The summed E-state index contributed by atoms with van der Waals surface area (Å²) < 4.78 is 0. The van der Waals surface area contributed by atoms with Crippen LogP contribution in [0.4, 0.5) is 0 Å². The van der Waals surface area contributed by atoms with Crippen LogP contribution in [0.5, 0.6) is 0 Å². The molecule has 0 unspecified atom stereocenters. The van der Waals surface area contributed by atoms with E-state index < -0.39 is 0 Å². The van der Waals surface area contributed by atoms with Crippen molar-refractivity contribution in [2.45, 2.75) is 0 Å². The zero-order valence-corrected chi connectivity index (χ0v) is 8.41. The Morgan fingerprint density at radius 2 is 2.36 bits per heavy atom. The third-order valence-electron chi connectivity index (χ3n) is 1.66. The van der Waals surface area contributed by atoms with E-state index in [0.29, 0.717) is 12.4 Å². The van der Waals surface area contributed by atoms with E-state index >= 15 is 0 Å². The highest BCUT2D eigenvalue weighted by Crippen LogP contribution is 1.96. The molecule has 14 heavy (non-hydrogen) atoms. The zero-order valence-electron chi connectivity index (χ0n) is 7.66. The van der Waals surface area contributed by atoms with Gasteiger partial charge in [-0.15, -0.1) is 11.6 Å². The number of aromatic nitrogens is 2. The van der Waals surface area contributed by atoms with Crippen molar-refractivity contribution >= 4 is 17.5 Å². The number of aromatic amines is 1. The van der Waals surface area contributed by atoms with Crippen LogP contribution in [0.1, 0.15) is 10.5 Å². The van der Waals surface area contributed by atoms with Crippen LogP contribution in [0.25, 0.3) is 0 Å². The lowest BCUT2D eigenvalue weighted by Crippen LogP contribution is -2.30. The van der Waals surface area contributed by atoms with Crippen LogP contribution < -0.4 is 5.56 Å². The smallest absolute Gasteiger partial charge is 0.274 e. The standard InChI is InChI=1S/C8H10ClN3O2/c1-12(5-4-9)8(14)6-2-3-7(13)11-10-6/h2-3H,4-5H2,1H3,(H,11,13). The van der Waals surface area contributed by atoms with E-state index in [4.69, 9.17) is 11.6 Å². The van der Waals surface area contributed by atoms with Gasteiger partial charge in [-0.25, -0.2) is 5.10 Å². The quantitative estimate of drug-likeness (QED) is 0.727. The average molecular weight is 216 g/mol. The number of nitrogens with zero attached hydrogens (tertiary/aromatic N) is 2. The summed E-state index contributed by atoms with van der Waals surface area (Å²) in [5, 5.41) is 5.80. The Morgan fingerprint density at radius 3 is 2.86 bits per heavy atom. The fraction of sp³-hybridized carbons (Fsp3) is 0.375. The van der Waals surface area contributed by atoms with Crippen LogP contribution in [0.2, 0.25) is 0 Å². The summed E-state index contributed by atoms with van der Waals surface area (Å²) in [6, 6.07) is 2.64. The molecule has 1 aromatic heterocycles. The maximum absolute atomic E-state index is 11.5. The van der Waals surface area contributed by atoms with E-state index in [-0.39, 0.29) is 17.2 Å². The SMILES string of the molecule is CN(CCCl)C(=O)c1ccc(=O)[nH]n1. The lowest BCUT2D eigenvalue weighted by atomic mass is 10.3. The molecular weight excluding hydrogens is 206 g/mol. The third kappa shape index (κ3) is 2.56. The van der Waals surface area contributed by atoms with Crippen LogP contribution in [0, 0.1) is 0 Å². The van der Waals surface area contributed by atoms with Gasteiger partial charge in [0.2, 0.25) is 0 Å². The van der Waals surface area contributed by atoms with Gasteiger partial charge in [-0.05, 0) is 6.07 Å². The van der Waals surface area contributed by atoms with Crippen molar-refractivity contribution in [2.75, 3.05) is 19.5 Å². The second-order valence-corrected chi connectivity index (χ2v) is 3.10. The predicted octanol–water partition coefficient (Wildman–Crippen LogP) is 0.0807. The highest BCUT2D eigenvalue weighted by atomic mass is 35.5. The van der Waals surface area contributed by atoms with Crippen molar-refractivity contribution in [1.82, 2.24) is 15.1 Å². The average Bonchev–Trinajstić information content (AvgIpc) is 2.18. The maximum atomic E-state index is 11.5. The van der Waals surface area contributed by atoms with Crippen molar-refractivity contribution in [1.29, 1.82) is 0 Å². The van der Waals surface area contributed by atoms with Crippen LogP contribution in [0.15, 0.2) is 16.9 Å². The minimum atomic E-state index is -0.332. The van der Waals surface area contributed by atoms with Crippen LogP contribution in [-0.4, -0.2) is 40.5 Å². The summed E-state index contributed by atoms with van der Waals surface area (Å²) in [5.74, 6) is 0.105. The van der Waals surface area contributed by atoms with Crippen LogP contribution in [0.3, 0.4) is 0 Å². The summed E-state index contributed by atoms with van der Waals surface area (Å²) in [6.07, 6.45) is 0. The molecule has 0 fully saturated rings. The van der Waals surface area contributed by atoms with Gasteiger partial charge in [-0.3, -0.25) is 9.59 Å². The Labute approximate surface area is 85.7 Å². The van der Waals surface area contributed by atoms with Crippen molar-refractivity contribution in [3.05, 3.63) is 28.2 Å². The van der Waals surface area contributed by atoms with E-state index in [1.807, 2.05) is 0 Å². The summed E-state index contributed by atoms with van der Waals surface area (Å²) in [5.41, 5.74) is -0.126. The second kappa shape index (κ2) is 4.76. The van der Waals surface area contributed by atoms with E-state index in [9.17, 15) is 9.59 Å². The molecule has 0 saturated heterocycles. The number of H-pyrrole nitrogens is 1. The molecule has 0 aromatic carbocycles. The first-order chi connectivity index (χ1) is 6.65. The van der Waals surface area contributed by atoms with E-state index in [0.717, 1.165) is 0 Å². The van der Waals surface area contributed by atoms with Gasteiger partial charge >= 0.3 is 0 Å². The van der Waals surface area contributed by atoms with Gasteiger partial charge in [0.25, 0.3) is 11.5 Å². The molecule has 76 valence electrons. The Bertz CT molecular complexity index is 357. The van der Waals surface area contributed by atoms with Gasteiger partial charge in [0, 0.05) is 25.5 Å². The van der Waals surface area contributed by atoms with Crippen molar-refractivity contribution in [3.8, 4) is 0 Å². The molecule has 6 heteroatoms. The second-order valence-electron chi connectivity index (χ2n) is 2.72. The molecule has 0 saturated carbocycles. The molecule has 1 rings (SSSR count). The largest absolute Gasteiger partial charge is 0.339 e. The number of alkyl halides is 1. The van der Waals surface area contributed by atoms with Gasteiger partial charge < -0.3 is 4.90 Å². The summed E-state index contributed by atoms with van der Waals surface area (Å²) in [7, 11) is 1.62. The number of hydrogen-bond acceptors (Lipinski definition) is 3. The van der Waals surface area contributed by atoms with Crippen molar-refractivity contribution < 1.29 is 4.79 Å². The molecule has 0 bridgehead atoms. The molecule has 5 nitrogen and oxygen atoms in total. The molecule has 0 aliphatic rings. The fourth-order valence-electron chi connectivity index (χ4n) is 0.887. The molecule has 0 aliphatic heterocycles. The van der Waals surface area contributed by atoms with Gasteiger partial charge in [0.15, 0.2) is 0 Å². The molecule has 1 heterocycles. The monoisotopic (exact) mass is 215 g/mol. The molecule has 0 aliphatic carbocycles. The first kappa shape index (κ1) is 10.7. The normalized spacial score (nSPS) is 9.86. The van der Waals surface area contributed by atoms with Gasteiger partial charge in [-0.1, -0.05) is 0 Å². The number of nitrogens with one attached hydrogen (secondary N) is 1. The number of carbonyl (C=O) groups is 1. The van der Waals surface area contributed by atoms with Crippen LogP contribution >= 0.6 is 11.6 Å². The molecule has 1 amide bonds. The van der Waals surface area contributed by atoms with E-state index in [1.165, 1.54) is 17.0 Å². The predicted molar refractivity (Wildman–Crippen MR) is 52.5 cm³/mol. The number of carbonyl (C=O) groups excluding carboxylic acids is 1. The van der Waals surface area contributed by atoms with Crippen LogP contribution in [-0.2, 0) is 0 Å². The number of halogens is 1. The molecule has 1 N–H and O–H groups in total. The van der Waals surface area contributed by atoms with E-state index in [2.05, 4.69) is 10.2 Å². The minimum absolute atomic E-state index is 0.206. The Kier molecular flexibility index (Phi) is 3.64. The maximum Gasteiger partial charge on any atom is 0.274 e. The molecular formula is C8H10ClN3O2. The fourth-order valence-corrected chi connectivity index (χ4v) is 1.14. The topological polar surface area (TPSA) is 66.1 Å². The summed E-state index contributed by atoms with van der Waals surface area (Å²) >= 11 is 5.48. The minimum Gasteiger partial charge on any atom is -0.339 e. The van der Waals surface area contributed by atoms with Crippen molar-refractivity contribution in [2.24, 2.45) is 0 Å². The third-order valence-corrected chi connectivity index (χ3v) is 1.83. The lowest BCUT2D eigenvalue weighted by Gasteiger charge is -2.13. The van der Waals surface area contributed by atoms with E-state index in [1.54, 1.807) is 7.05 Å². The van der Waals surface area contributed by atoms with Gasteiger partial charge in [0.05, 0.1) is 0 Å².